The fourth-order valence-electron chi connectivity index (χ4n) is 3.73. The summed E-state index contributed by atoms with van der Waals surface area (Å²) in [5.41, 5.74) is 4.11. The van der Waals surface area contributed by atoms with E-state index in [0.717, 1.165) is 23.1 Å². The van der Waals surface area contributed by atoms with Crippen LogP contribution in [0.1, 0.15) is 35.6 Å². The number of aryl methyl sites for hydroxylation is 1. The number of halogens is 1. The number of amides is 2. The molecular weight excluding hydrogens is 459 g/mol. The number of benzene rings is 3. The van der Waals surface area contributed by atoms with Gasteiger partial charge in [0, 0.05) is 25.3 Å². The van der Waals surface area contributed by atoms with Gasteiger partial charge in [-0.25, -0.2) is 4.39 Å². The maximum Gasteiger partial charge on any atom is 0.243 e. The van der Waals surface area contributed by atoms with Crippen molar-refractivity contribution in [3.8, 4) is 0 Å². The van der Waals surface area contributed by atoms with Gasteiger partial charge in [-0.2, -0.15) is 0 Å². The van der Waals surface area contributed by atoms with Crippen LogP contribution in [-0.4, -0.2) is 35.1 Å². The predicted molar refractivity (Wildman–Crippen MR) is 142 cm³/mol. The van der Waals surface area contributed by atoms with E-state index < -0.39 is 6.04 Å². The molecule has 0 bridgehead atoms. The molecule has 0 aliphatic rings. The molecule has 184 valence electrons. The number of hydrogen-bond acceptors (Lipinski definition) is 3. The molecule has 6 heteroatoms. The molecule has 1 atom stereocenters. The van der Waals surface area contributed by atoms with Gasteiger partial charge in [0.25, 0.3) is 0 Å². The van der Waals surface area contributed by atoms with Gasteiger partial charge in [0.15, 0.2) is 0 Å². The first-order valence-electron chi connectivity index (χ1n) is 11.9. The molecule has 1 N–H and O–H groups in total. The monoisotopic (exact) mass is 492 g/mol. The van der Waals surface area contributed by atoms with Gasteiger partial charge in [0.05, 0.1) is 5.75 Å². The van der Waals surface area contributed by atoms with Gasteiger partial charge in [0.1, 0.15) is 11.9 Å². The Morgan fingerprint density at radius 2 is 1.57 bits per heavy atom. The summed E-state index contributed by atoms with van der Waals surface area (Å²) in [5, 5.41) is 2.97. The van der Waals surface area contributed by atoms with Crippen molar-refractivity contribution in [2.75, 3.05) is 12.3 Å². The summed E-state index contributed by atoms with van der Waals surface area (Å²) in [6.45, 7) is 4.83. The summed E-state index contributed by atoms with van der Waals surface area (Å²) < 4.78 is 13.5. The fourth-order valence-corrected chi connectivity index (χ4v) is 4.60. The molecule has 0 spiro atoms. The highest BCUT2D eigenvalue weighted by molar-refractivity contribution is 7.99. The molecule has 0 aromatic heterocycles. The largest absolute Gasteiger partial charge is 0.354 e. The summed E-state index contributed by atoms with van der Waals surface area (Å²) in [4.78, 5) is 28.4. The number of nitrogens with one attached hydrogen (secondary N) is 1. The first-order chi connectivity index (χ1) is 17.0. The summed E-state index contributed by atoms with van der Waals surface area (Å²) in [5.74, 6) is 0.346. The Morgan fingerprint density at radius 1 is 0.914 bits per heavy atom. The molecule has 4 nitrogen and oxygen atoms in total. The quantitative estimate of drug-likeness (QED) is 0.362. The first kappa shape index (κ1) is 26.5. The van der Waals surface area contributed by atoms with Gasteiger partial charge in [-0.05, 0) is 42.2 Å². The molecule has 3 aromatic rings. The molecule has 2 amide bonds. The third-order valence-electron chi connectivity index (χ3n) is 5.70. The van der Waals surface area contributed by atoms with Crippen molar-refractivity contribution in [3.63, 3.8) is 0 Å². The van der Waals surface area contributed by atoms with Gasteiger partial charge in [-0.15, -0.1) is 11.8 Å². The van der Waals surface area contributed by atoms with E-state index in [0.29, 0.717) is 18.7 Å². The predicted octanol–water partition coefficient (Wildman–Crippen LogP) is 5.53. The molecule has 0 heterocycles. The Morgan fingerprint density at radius 3 is 2.23 bits per heavy atom. The highest BCUT2D eigenvalue weighted by atomic mass is 32.2. The van der Waals surface area contributed by atoms with Crippen molar-refractivity contribution in [1.29, 1.82) is 0 Å². The highest BCUT2D eigenvalue weighted by Crippen LogP contribution is 2.19. The van der Waals surface area contributed by atoms with Crippen LogP contribution < -0.4 is 5.32 Å². The van der Waals surface area contributed by atoms with Crippen molar-refractivity contribution in [2.45, 2.75) is 45.0 Å². The average Bonchev–Trinajstić information content (AvgIpc) is 2.87. The van der Waals surface area contributed by atoms with E-state index in [4.69, 9.17) is 0 Å². The van der Waals surface area contributed by atoms with Crippen molar-refractivity contribution < 1.29 is 14.0 Å². The second kappa shape index (κ2) is 13.7. The molecule has 0 fully saturated rings. The van der Waals surface area contributed by atoms with Crippen molar-refractivity contribution in [2.24, 2.45) is 0 Å². The van der Waals surface area contributed by atoms with Crippen molar-refractivity contribution in [1.82, 2.24) is 10.2 Å². The Labute approximate surface area is 211 Å². The lowest BCUT2D eigenvalue weighted by atomic mass is 10.0. The van der Waals surface area contributed by atoms with E-state index in [1.54, 1.807) is 17.0 Å². The van der Waals surface area contributed by atoms with Gasteiger partial charge in [-0.3, -0.25) is 9.59 Å². The molecule has 0 aliphatic carbocycles. The Hall–Kier alpha value is -3.12. The molecule has 3 rings (SSSR count). The zero-order valence-corrected chi connectivity index (χ0v) is 21.2. The van der Waals surface area contributed by atoms with E-state index >= 15 is 0 Å². The summed E-state index contributed by atoms with van der Waals surface area (Å²) in [6.07, 6.45) is 1.22. The molecule has 3 aromatic carbocycles. The Kier molecular flexibility index (Phi) is 10.4. The number of hydrogen-bond donors (Lipinski definition) is 1. The van der Waals surface area contributed by atoms with Crippen LogP contribution in [0.15, 0.2) is 78.9 Å². The summed E-state index contributed by atoms with van der Waals surface area (Å²) >= 11 is 1.53. The maximum absolute atomic E-state index is 13.5. The van der Waals surface area contributed by atoms with E-state index in [1.165, 1.54) is 29.5 Å². The van der Waals surface area contributed by atoms with Crippen LogP contribution >= 0.6 is 11.8 Å². The summed E-state index contributed by atoms with van der Waals surface area (Å²) in [6, 6.07) is 23.4. The standard InChI is InChI=1S/C29H33FN2O2S/c1-3-17-31-29(34)27(18-23-7-5-4-6-8-23)32(19-24-13-15-26(30)16-14-24)28(33)21-35-20-25-11-9-22(2)10-12-25/h4-16,27H,3,17-21H2,1-2H3,(H,31,34). The van der Waals surface area contributed by atoms with Crippen LogP contribution in [-0.2, 0) is 28.3 Å². The summed E-state index contributed by atoms with van der Waals surface area (Å²) in [7, 11) is 0. The van der Waals surface area contributed by atoms with Crippen LogP contribution in [0.4, 0.5) is 4.39 Å². The number of carbonyl (C=O) groups excluding carboxylic acids is 2. The fraction of sp³-hybridized carbons (Fsp3) is 0.310. The van der Waals surface area contributed by atoms with Gasteiger partial charge in [0.2, 0.25) is 11.8 Å². The SMILES string of the molecule is CCCNC(=O)C(Cc1ccccc1)N(Cc1ccc(F)cc1)C(=O)CSCc1ccc(C)cc1. The molecule has 0 aliphatic heterocycles. The molecule has 35 heavy (non-hydrogen) atoms. The minimum Gasteiger partial charge on any atom is -0.354 e. The normalized spacial score (nSPS) is 11.6. The van der Waals surface area contributed by atoms with Crippen LogP contribution in [0, 0.1) is 12.7 Å². The topological polar surface area (TPSA) is 49.4 Å². The molecule has 1 unspecified atom stereocenters. The molecule has 0 saturated carbocycles. The van der Waals surface area contributed by atoms with Crippen molar-refractivity contribution in [3.05, 3.63) is 107 Å². The lowest BCUT2D eigenvalue weighted by Gasteiger charge is -2.31. The van der Waals surface area contributed by atoms with Gasteiger partial charge >= 0.3 is 0 Å². The van der Waals surface area contributed by atoms with Gasteiger partial charge < -0.3 is 10.2 Å². The minimum absolute atomic E-state index is 0.112. The first-order valence-corrected chi connectivity index (χ1v) is 13.1. The Balaban J connectivity index is 1.81. The molecular formula is C29H33FN2O2S. The molecule has 0 radical (unpaired) electrons. The lowest BCUT2D eigenvalue weighted by Crippen LogP contribution is -2.51. The van der Waals surface area contributed by atoms with E-state index in [2.05, 4.69) is 29.6 Å². The second-order valence-electron chi connectivity index (χ2n) is 8.62. The zero-order valence-electron chi connectivity index (χ0n) is 20.4. The smallest absolute Gasteiger partial charge is 0.243 e. The van der Waals surface area contributed by atoms with Crippen LogP contribution in [0.2, 0.25) is 0 Å². The third-order valence-corrected chi connectivity index (χ3v) is 6.69. The second-order valence-corrected chi connectivity index (χ2v) is 9.61. The highest BCUT2D eigenvalue weighted by Gasteiger charge is 2.30. The minimum atomic E-state index is -0.665. The number of nitrogens with zero attached hydrogens (tertiary/aromatic N) is 1. The van der Waals surface area contributed by atoms with Crippen LogP contribution in [0.5, 0.6) is 0 Å². The lowest BCUT2D eigenvalue weighted by molar-refractivity contribution is -0.139. The molecule has 0 saturated heterocycles. The van der Waals surface area contributed by atoms with Crippen LogP contribution in [0.25, 0.3) is 0 Å². The van der Waals surface area contributed by atoms with E-state index in [1.807, 2.05) is 44.2 Å². The third kappa shape index (κ3) is 8.55. The zero-order chi connectivity index (χ0) is 25.0. The number of thioether (sulfide) groups is 1. The number of rotatable bonds is 12. The van der Waals surface area contributed by atoms with Crippen molar-refractivity contribution >= 4 is 23.6 Å². The van der Waals surface area contributed by atoms with E-state index in [9.17, 15) is 14.0 Å². The van der Waals surface area contributed by atoms with E-state index in [-0.39, 0.29) is 29.9 Å². The average molecular weight is 493 g/mol. The number of carbonyl (C=O) groups is 2. The Bertz CT molecular complexity index is 1070. The van der Waals surface area contributed by atoms with Gasteiger partial charge in [-0.1, -0.05) is 79.2 Å². The van der Waals surface area contributed by atoms with Crippen LogP contribution in [0.3, 0.4) is 0 Å². The maximum atomic E-state index is 13.5.